The minimum Gasteiger partial charge on any atom is -0.320 e. The maximum Gasteiger partial charge on any atom is 0.126 e. The van der Waals surface area contributed by atoms with Gasteiger partial charge in [0.05, 0.1) is 6.04 Å². The molecule has 1 atom stereocenters. The summed E-state index contributed by atoms with van der Waals surface area (Å²) in [7, 11) is 0. The highest BCUT2D eigenvalue weighted by molar-refractivity contribution is 7.10. The molecule has 0 spiro atoms. The molecule has 0 amide bonds. The van der Waals surface area contributed by atoms with E-state index in [2.05, 4.69) is 18.4 Å². The average molecular weight is 249 g/mol. The first-order valence-corrected chi connectivity index (χ1v) is 6.59. The number of benzene rings is 1. The van der Waals surface area contributed by atoms with Gasteiger partial charge in [0.25, 0.3) is 0 Å². The Morgan fingerprint density at radius 3 is 2.76 bits per heavy atom. The van der Waals surface area contributed by atoms with Crippen molar-refractivity contribution in [3.63, 3.8) is 0 Å². The highest BCUT2D eigenvalue weighted by Crippen LogP contribution is 2.29. The molecule has 0 saturated carbocycles. The first kappa shape index (κ1) is 12.3. The summed E-state index contributed by atoms with van der Waals surface area (Å²) >= 11 is 1.67. The second kappa shape index (κ2) is 4.98. The van der Waals surface area contributed by atoms with Crippen molar-refractivity contribution in [2.75, 3.05) is 0 Å². The summed E-state index contributed by atoms with van der Waals surface area (Å²) < 4.78 is 13.2. The lowest BCUT2D eigenvalue weighted by molar-refractivity contribution is 0.617. The van der Waals surface area contributed by atoms with E-state index in [0.717, 1.165) is 12.0 Å². The summed E-state index contributed by atoms with van der Waals surface area (Å²) in [5.41, 5.74) is 9.15. The Morgan fingerprint density at radius 2 is 2.12 bits per heavy atom. The summed E-state index contributed by atoms with van der Waals surface area (Å²) in [5.74, 6) is -0.178. The molecule has 1 aromatic heterocycles. The van der Waals surface area contributed by atoms with Crippen LogP contribution in [-0.4, -0.2) is 0 Å². The fourth-order valence-corrected chi connectivity index (χ4v) is 2.95. The van der Waals surface area contributed by atoms with Crippen LogP contribution in [0, 0.1) is 12.7 Å². The monoisotopic (exact) mass is 249 g/mol. The van der Waals surface area contributed by atoms with E-state index in [0.29, 0.717) is 5.56 Å². The largest absolute Gasteiger partial charge is 0.320 e. The van der Waals surface area contributed by atoms with Crippen molar-refractivity contribution >= 4 is 11.3 Å². The normalized spacial score (nSPS) is 12.7. The third-order valence-electron chi connectivity index (χ3n) is 2.99. The molecule has 2 rings (SSSR count). The van der Waals surface area contributed by atoms with Crippen LogP contribution in [-0.2, 0) is 6.42 Å². The average Bonchev–Trinajstić information content (AvgIpc) is 2.80. The molecule has 0 aliphatic heterocycles. The fraction of sp³-hybridized carbons (Fsp3) is 0.286. The Hall–Kier alpha value is -1.19. The standard InChI is InChI=1S/C14H16FNS/c1-3-10-6-7-17-14(10)13(16)11-4-5-12(15)9(2)8-11/h4-8,13H,3,16H2,1-2H3. The van der Waals surface area contributed by atoms with Crippen LogP contribution in [0.4, 0.5) is 4.39 Å². The van der Waals surface area contributed by atoms with Crippen molar-refractivity contribution in [2.45, 2.75) is 26.3 Å². The van der Waals surface area contributed by atoms with Crippen LogP contribution >= 0.6 is 11.3 Å². The number of hydrogen-bond donors (Lipinski definition) is 1. The topological polar surface area (TPSA) is 26.0 Å². The molecule has 90 valence electrons. The molecule has 0 aliphatic rings. The Kier molecular flexibility index (Phi) is 3.60. The van der Waals surface area contributed by atoms with Crippen LogP contribution in [0.2, 0.25) is 0 Å². The lowest BCUT2D eigenvalue weighted by Crippen LogP contribution is -2.12. The minimum absolute atomic E-state index is 0.149. The molecule has 0 bridgehead atoms. The van der Waals surface area contributed by atoms with E-state index in [4.69, 9.17) is 5.73 Å². The van der Waals surface area contributed by atoms with Gasteiger partial charge in [0.15, 0.2) is 0 Å². The Labute approximate surface area is 105 Å². The van der Waals surface area contributed by atoms with E-state index in [1.807, 2.05) is 6.07 Å². The molecule has 0 aliphatic carbocycles. The number of nitrogens with two attached hydrogens (primary N) is 1. The first-order valence-electron chi connectivity index (χ1n) is 5.71. The van der Waals surface area contributed by atoms with Crippen LogP contribution in [0.3, 0.4) is 0 Å². The molecule has 0 saturated heterocycles. The van der Waals surface area contributed by atoms with E-state index in [-0.39, 0.29) is 11.9 Å². The number of rotatable bonds is 3. The van der Waals surface area contributed by atoms with Crippen LogP contribution in [0.25, 0.3) is 0 Å². The zero-order chi connectivity index (χ0) is 12.4. The summed E-state index contributed by atoms with van der Waals surface area (Å²) in [6.45, 7) is 3.88. The molecule has 1 nitrogen and oxygen atoms in total. The van der Waals surface area contributed by atoms with Gasteiger partial charge < -0.3 is 5.73 Å². The fourth-order valence-electron chi connectivity index (χ4n) is 1.93. The van der Waals surface area contributed by atoms with Gasteiger partial charge in [0, 0.05) is 4.88 Å². The van der Waals surface area contributed by atoms with E-state index in [1.54, 1.807) is 24.3 Å². The Bertz CT molecular complexity index is 519. The SMILES string of the molecule is CCc1ccsc1C(N)c1ccc(F)c(C)c1. The second-order valence-corrected chi connectivity index (χ2v) is 5.10. The molecule has 1 aromatic carbocycles. The van der Waals surface area contributed by atoms with Crippen molar-refractivity contribution in [1.82, 2.24) is 0 Å². The lowest BCUT2D eigenvalue weighted by atomic mass is 10.0. The van der Waals surface area contributed by atoms with Gasteiger partial charge in [-0.15, -0.1) is 11.3 Å². The van der Waals surface area contributed by atoms with Gasteiger partial charge in [0.1, 0.15) is 5.82 Å². The predicted molar refractivity (Wildman–Crippen MR) is 70.9 cm³/mol. The van der Waals surface area contributed by atoms with Gasteiger partial charge in [-0.3, -0.25) is 0 Å². The Balaban J connectivity index is 2.36. The third kappa shape index (κ3) is 2.40. The van der Waals surface area contributed by atoms with Crippen LogP contribution in [0.5, 0.6) is 0 Å². The molecule has 2 aromatic rings. The van der Waals surface area contributed by atoms with Crippen molar-refractivity contribution < 1.29 is 4.39 Å². The molecule has 1 unspecified atom stereocenters. The summed E-state index contributed by atoms with van der Waals surface area (Å²) in [6, 6.07) is 7.05. The van der Waals surface area contributed by atoms with Gasteiger partial charge in [-0.05, 0) is 47.5 Å². The number of thiophene rings is 1. The summed E-state index contributed by atoms with van der Waals surface area (Å²) in [5, 5.41) is 2.06. The lowest BCUT2D eigenvalue weighted by Gasteiger charge is -2.13. The highest BCUT2D eigenvalue weighted by Gasteiger charge is 2.14. The van der Waals surface area contributed by atoms with Gasteiger partial charge in [-0.1, -0.05) is 19.1 Å². The number of halogens is 1. The predicted octanol–water partition coefficient (Wildman–Crippen LogP) is 3.81. The molecule has 0 fully saturated rings. The zero-order valence-corrected chi connectivity index (χ0v) is 10.9. The third-order valence-corrected chi connectivity index (χ3v) is 4.03. The molecule has 0 radical (unpaired) electrons. The van der Waals surface area contributed by atoms with Crippen LogP contribution in [0.1, 0.15) is 34.5 Å². The minimum atomic E-state index is -0.178. The highest BCUT2D eigenvalue weighted by atomic mass is 32.1. The zero-order valence-electron chi connectivity index (χ0n) is 10.0. The van der Waals surface area contributed by atoms with Gasteiger partial charge in [0.2, 0.25) is 0 Å². The van der Waals surface area contributed by atoms with Gasteiger partial charge in [-0.2, -0.15) is 0 Å². The summed E-state index contributed by atoms with van der Waals surface area (Å²) in [4.78, 5) is 1.18. The number of hydrogen-bond acceptors (Lipinski definition) is 2. The second-order valence-electron chi connectivity index (χ2n) is 4.15. The Morgan fingerprint density at radius 1 is 1.35 bits per heavy atom. The van der Waals surface area contributed by atoms with Gasteiger partial charge in [-0.25, -0.2) is 4.39 Å². The molecular formula is C14H16FNS. The quantitative estimate of drug-likeness (QED) is 0.879. The van der Waals surface area contributed by atoms with E-state index < -0.39 is 0 Å². The maximum absolute atomic E-state index is 13.2. The van der Waals surface area contributed by atoms with Crippen molar-refractivity contribution in [1.29, 1.82) is 0 Å². The molecular weight excluding hydrogens is 233 g/mol. The smallest absolute Gasteiger partial charge is 0.126 e. The van der Waals surface area contributed by atoms with E-state index in [1.165, 1.54) is 16.5 Å². The van der Waals surface area contributed by atoms with Crippen molar-refractivity contribution in [2.24, 2.45) is 5.73 Å². The van der Waals surface area contributed by atoms with E-state index in [9.17, 15) is 4.39 Å². The van der Waals surface area contributed by atoms with Gasteiger partial charge >= 0.3 is 0 Å². The molecule has 3 heteroatoms. The summed E-state index contributed by atoms with van der Waals surface area (Å²) in [6.07, 6.45) is 0.979. The van der Waals surface area contributed by atoms with E-state index >= 15 is 0 Å². The molecule has 17 heavy (non-hydrogen) atoms. The van der Waals surface area contributed by atoms with Crippen LogP contribution in [0.15, 0.2) is 29.6 Å². The first-order chi connectivity index (χ1) is 8.13. The van der Waals surface area contributed by atoms with Crippen molar-refractivity contribution in [3.05, 3.63) is 57.0 Å². The molecule has 1 heterocycles. The number of aryl methyl sites for hydroxylation is 2. The molecule has 2 N–H and O–H groups in total. The van der Waals surface area contributed by atoms with Crippen LogP contribution < -0.4 is 5.73 Å². The van der Waals surface area contributed by atoms with Crippen molar-refractivity contribution in [3.8, 4) is 0 Å². The maximum atomic E-state index is 13.2.